The number of carbonyl (C=O) groups is 3. The third-order valence-electron chi connectivity index (χ3n) is 2.81. The lowest BCUT2D eigenvalue weighted by molar-refractivity contribution is -0.119. The van der Waals surface area contributed by atoms with Crippen LogP contribution in [0.5, 0.6) is 0 Å². The number of Topliss-reactive ketones (excluding diaryl/α,β-unsaturated/α-hetero) is 1. The standard InChI is InChI=1S/C12H10BrNO3/c1-7(10(15)6-13)14-11(16)8-4-2-3-5-9(8)12(14)17/h2-5,7H,6H2,1H3/t7-/m1/s1. The van der Waals surface area contributed by atoms with Gasteiger partial charge in [0.25, 0.3) is 11.8 Å². The monoisotopic (exact) mass is 295 g/mol. The Hall–Kier alpha value is -1.49. The molecule has 88 valence electrons. The second-order valence-corrected chi connectivity index (χ2v) is 4.36. The maximum atomic E-state index is 12.0. The van der Waals surface area contributed by atoms with Crippen LogP contribution < -0.4 is 0 Å². The van der Waals surface area contributed by atoms with Gasteiger partial charge < -0.3 is 0 Å². The van der Waals surface area contributed by atoms with Crippen LogP contribution in [0, 0.1) is 0 Å². The van der Waals surface area contributed by atoms with E-state index in [1.807, 2.05) is 0 Å². The van der Waals surface area contributed by atoms with E-state index < -0.39 is 17.9 Å². The van der Waals surface area contributed by atoms with Gasteiger partial charge in [0.2, 0.25) is 0 Å². The molecule has 0 N–H and O–H groups in total. The van der Waals surface area contributed by atoms with Crippen LogP contribution in [0.2, 0.25) is 0 Å². The Morgan fingerprint density at radius 3 is 2.12 bits per heavy atom. The number of rotatable bonds is 3. The first-order valence-electron chi connectivity index (χ1n) is 5.13. The molecule has 1 atom stereocenters. The summed E-state index contributed by atoms with van der Waals surface area (Å²) in [5.74, 6) is -0.987. The van der Waals surface area contributed by atoms with Crippen LogP contribution in [-0.4, -0.2) is 33.9 Å². The first kappa shape index (κ1) is 12.0. The summed E-state index contributed by atoms with van der Waals surface area (Å²) in [6.07, 6.45) is 0. The molecule has 0 spiro atoms. The zero-order valence-corrected chi connectivity index (χ0v) is 10.7. The number of alkyl halides is 1. The fourth-order valence-electron chi connectivity index (χ4n) is 1.82. The summed E-state index contributed by atoms with van der Waals surface area (Å²) in [7, 11) is 0. The van der Waals surface area contributed by atoms with Crippen molar-refractivity contribution in [1.29, 1.82) is 0 Å². The fourth-order valence-corrected chi connectivity index (χ4v) is 2.28. The lowest BCUT2D eigenvalue weighted by Gasteiger charge is -2.20. The van der Waals surface area contributed by atoms with E-state index >= 15 is 0 Å². The van der Waals surface area contributed by atoms with Crippen LogP contribution in [0.3, 0.4) is 0 Å². The minimum atomic E-state index is -0.734. The normalized spacial score (nSPS) is 16.0. The largest absolute Gasteiger partial charge is 0.296 e. The summed E-state index contributed by atoms with van der Waals surface area (Å²) < 4.78 is 0. The van der Waals surface area contributed by atoms with Crippen LogP contribution in [-0.2, 0) is 4.79 Å². The highest BCUT2D eigenvalue weighted by atomic mass is 79.9. The van der Waals surface area contributed by atoms with Crippen molar-refractivity contribution in [3.8, 4) is 0 Å². The summed E-state index contributed by atoms with van der Waals surface area (Å²) >= 11 is 3.04. The predicted molar refractivity (Wildman–Crippen MR) is 65.2 cm³/mol. The van der Waals surface area contributed by atoms with Crippen molar-refractivity contribution in [2.75, 3.05) is 5.33 Å². The molecule has 0 radical (unpaired) electrons. The van der Waals surface area contributed by atoms with Crippen LogP contribution in [0.4, 0.5) is 0 Å². The summed E-state index contributed by atoms with van der Waals surface area (Å²) in [5, 5.41) is 0.127. The van der Waals surface area contributed by atoms with Gasteiger partial charge in [-0.25, -0.2) is 0 Å². The van der Waals surface area contributed by atoms with E-state index in [0.29, 0.717) is 11.1 Å². The Labute approximate surface area is 107 Å². The molecule has 1 heterocycles. The van der Waals surface area contributed by atoms with Crippen molar-refractivity contribution >= 4 is 33.5 Å². The Kier molecular flexibility index (Phi) is 3.11. The summed E-state index contributed by atoms with van der Waals surface area (Å²) in [6, 6.07) is 5.86. The van der Waals surface area contributed by atoms with Crippen LogP contribution >= 0.6 is 15.9 Å². The average Bonchev–Trinajstić information content (AvgIpc) is 2.61. The molecule has 2 amide bonds. The first-order valence-corrected chi connectivity index (χ1v) is 6.25. The summed E-state index contributed by atoms with van der Waals surface area (Å²) in [5.41, 5.74) is 0.735. The van der Waals surface area contributed by atoms with E-state index in [1.54, 1.807) is 31.2 Å². The molecule has 0 aliphatic carbocycles. The Morgan fingerprint density at radius 2 is 1.71 bits per heavy atom. The Balaban J connectivity index is 2.40. The highest BCUT2D eigenvalue weighted by Gasteiger charge is 2.39. The van der Waals surface area contributed by atoms with Gasteiger partial charge in [-0.15, -0.1) is 0 Å². The van der Waals surface area contributed by atoms with Crippen molar-refractivity contribution in [1.82, 2.24) is 4.90 Å². The van der Waals surface area contributed by atoms with Gasteiger partial charge in [-0.2, -0.15) is 0 Å². The predicted octanol–water partition coefficient (Wildman–Crippen LogP) is 1.64. The smallest absolute Gasteiger partial charge is 0.262 e. The van der Waals surface area contributed by atoms with Gasteiger partial charge in [0.05, 0.1) is 22.5 Å². The van der Waals surface area contributed by atoms with Gasteiger partial charge in [0.1, 0.15) is 0 Å². The number of nitrogens with zero attached hydrogens (tertiary/aromatic N) is 1. The molecule has 0 fully saturated rings. The minimum Gasteiger partial charge on any atom is -0.296 e. The zero-order chi connectivity index (χ0) is 12.6. The quantitative estimate of drug-likeness (QED) is 0.629. The number of amides is 2. The molecule has 2 rings (SSSR count). The third-order valence-corrected chi connectivity index (χ3v) is 3.36. The van der Waals surface area contributed by atoms with E-state index in [0.717, 1.165) is 4.90 Å². The number of fused-ring (bicyclic) bond motifs is 1. The molecular weight excluding hydrogens is 286 g/mol. The zero-order valence-electron chi connectivity index (χ0n) is 9.14. The highest BCUT2D eigenvalue weighted by molar-refractivity contribution is 9.09. The van der Waals surface area contributed by atoms with E-state index in [1.165, 1.54) is 0 Å². The molecule has 1 aromatic carbocycles. The van der Waals surface area contributed by atoms with Crippen molar-refractivity contribution in [2.24, 2.45) is 0 Å². The molecule has 0 saturated carbocycles. The number of hydrogen-bond acceptors (Lipinski definition) is 3. The number of hydrogen-bond donors (Lipinski definition) is 0. The Morgan fingerprint density at radius 1 is 1.24 bits per heavy atom. The second kappa shape index (κ2) is 4.41. The lowest BCUT2D eigenvalue weighted by Crippen LogP contribution is -2.43. The van der Waals surface area contributed by atoms with Gasteiger partial charge in [-0.1, -0.05) is 28.1 Å². The number of halogens is 1. The number of ketones is 1. The molecule has 1 aliphatic rings. The van der Waals surface area contributed by atoms with Crippen molar-refractivity contribution < 1.29 is 14.4 Å². The topological polar surface area (TPSA) is 54.5 Å². The SMILES string of the molecule is C[C@H](C(=O)CBr)N1C(=O)c2ccccc2C1=O. The van der Waals surface area contributed by atoms with E-state index in [9.17, 15) is 14.4 Å². The van der Waals surface area contributed by atoms with Crippen LogP contribution in [0.15, 0.2) is 24.3 Å². The maximum Gasteiger partial charge on any atom is 0.262 e. The molecule has 17 heavy (non-hydrogen) atoms. The molecule has 4 nitrogen and oxygen atoms in total. The molecule has 1 aliphatic heterocycles. The van der Waals surface area contributed by atoms with Crippen LogP contribution in [0.25, 0.3) is 0 Å². The Bertz CT molecular complexity index is 477. The van der Waals surface area contributed by atoms with Crippen LogP contribution in [0.1, 0.15) is 27.6 Å². The van der Waals surface area contributed by atoms with E-state index in [-0.39, 0.29) is 11.1 Å². The van der Waals surface area contributed by atoms with Crippen molar-refractivity contribution in [3.05, 3.63) is 35.4 Å². The first-order chi connectivity index (χ1) is 8.07. The molecular formula is C12H10BrNO3. The molecule has 5 heteroatoms. The summed E-state index contributed by atoms with van der Waals surface area (Å²) in [6.45, 7) is 1.56. The number of carbonyl (C=O) groups excluding carboxylic acids is 3. The average molecular weight is 296 g/mol. The van der Waals surface area contributed by atoms with Gasteiger partial charge in [0, 0.05) is 0 Å². The van der Waals surface area contributed by atoms with Gasteiger partial charge in [-0.3, -0.25) is 19.3 Å². The minimum absolute atomic E-state index is 0.127. The molecule has 0 aromatic heterocycles. The number of imide groups is 1. The second-order valence-electron chi connectivity index (χ2n) is 3.80. The lowest BCUT2D eigenvalue weighted by atomic mass is 10.1. The van der Waals surface area contributed by atoms with Gasteiger partial charge in [-0.05, 0) is 19.1 Å². The fraction of sp³-hybridized carbons (Fsp3) is 0.250. The summed E-state index contributed by atoms with van der Waals surface area (Å²) in [4.78, 5) is 36.6. The van der Waals surface area contributed by atoms with Gasteiger partial charge >= 0.3 is 0 Å². The van der Waals surface area contributed by atoms with Gasteiger partial charge in [0.15, 0.2) is 5.78 Å². The third kappa shape index (κ3) is 1.80. The van der Waals surface area contributed by atoms with Crippen molar-refractivity contribution in [3.63, 3.8) is 0 Å². The van der Waals surface area contributed by atoms with E-state index in [4.69, 9.17) is 0 Å². The molecule has 0 bridgehead atoms. The van der Waals surface area contributed by atoms with Crippen molar-refractivity contribution in [2.45, 2.75) is 13.0 Å². The molecule has 0 saturated heterocycles. The maximum absolute atomic E-state index is 12.0. The molecule has 1 aromatic rings. The highest BCUT2D eigenvalue weighted by Crippen LogP contribution is 2.24. The number of benzene rings is 1. The molecule has 0 unspecified atom stereocenters. The van der Waals surface area contributed by atoms with E-state index in [2.05, 4.69) is 15.9 Å².